The highest BCUT2D eigenvalue weighted by molar-refractivity contribution is 8.13. The van der Waals surface area contributed by atoms with Crippen LogP contribution in [-0.2, 0) is 13.8 Å². The third kappa shape index (κ3) is 3.83. The highest BCUT2D eigenvalue weighted by Gasteiger charge is 2.34. The Labute approximate surface area is 137 Å². The Morgan fingerprint density at radius 3 is 2.70 bits per heavy atom. The summed E-state index contributed by atoms with van der Waals surface area (Å²) in [6.45, 7) is 0.233. The molecule has 0 saturated carbocycles. The second-order valence-corrected chi connectivity index (χ2v) is 8.06. The van der Waals surface area contributed by atoms with Crippen LogP contribution in [0.1, 0.15) is 6.42 Å². The molecule has 0 aromatic carbocycles. The fourth-order valence-corrected chi connectivity index (χ4v) is 3.82. The fourth-order valence-electron chi connectivity index (χ4n) is 2.50. The van der Waals surface area contributed by atoms with E-state index in [0.29, 0.717) is 11.4 Å². The summed E-state index contributed by atoms with van der Waals surface area (Å²) in [4.78, 5) is 26.2. The van der Waals surface area contributed by atoms with E-state index in [1.165, 1.54) is 4.90 Å². The van der Waals surface area contributed by atoms with Gasteiger partial charge in [-0.3, -0.25) is 14.7 Å². The van der Waals surface area contributed by atoms with Gasteiger partial charge in [-0.2, -0.15) is 0 Å². The minimum absolute atomic E-state index is 0.114. The zero-order valence-corrected chi connectivity index (χ0v) is 13.5. The highest BCUT2D eigenvalue weighted by Crippen LogP contribution is 2.25. The third-order valence-corrected chi connectivity index (χ3v) is 4.70. The topological polar surface area (TPSA) is 93.1 Å². The molecule has 1 saturated heterocycles. The summed E-state index contributed by atoms with van der Waals surface area (Å²) in [7, 11) is 1.62. The average molecular weight is 353 g/mol. The van der Waals surface area contributed by atoms with E-state index in [9.17, 15) is 13.2 Å². The maximum absolute atomic E-state index is 12.1. The van der Waals surface area contributed by atoms with Gasteiger partial charge in [0.05, 0.1) is 17.1 Å². The molecule has 2 aromatic rings. The molecule has 1 unspecified atom stereocenters. The van der Waals surface area contributed by atoms with Crippen LogP contribution in [0.15, 0.2) is 36.7 Å². The minimum atomic E-state index is -3.65. The second-order valence-electron chi connectivity index (χ2n) is 5.24. The molecule has 2 aromatic heterocycles. The molecule has 9 heteroatoms. The Kier molecular flexibility index (Phi) is 4.27. The van der Waals surface area contributed by atoms with Crippen LogP contribution in [0.2, 0.25) is 0 Å². The monoisotopic (exact) mass is 352 g/mol. The molecule has 0 spiro atoms. The number of hydrogen-bond donors (Lipinski definition) is 0. The summed E-state index contributed by atoms with van der Waals surface area (Å²) in [6, 6.07) is 7.15. The zero-order valence-electron chi connectivity index (χ0n) is 12.0. The molecule has 23 heavy (non-hydrogen) atoms. The standard InChI is InChI=1S/C14H13ClN4O3S/c15-23(21,22)9-10-7-13(20)19(8-10)14-17-6-4-12(18-14)11-3-1-2-5-16-11/h1-6,10H,7-9H2. The van der Waals surface area contributed by atoms with Gasteiger partial charge < -0.3 is 0 Å². The van der Waals surface area contributed by atoms with E-state index in [1.807, 2.05) is 6.07 Å². The van der Waals surface area contributed by atoms with Crippen molar-refractivity contribution in [2.45, 2.75) is 6.42 Å². The van der Waals surface area contributed by atoms with Crippen LogP contribution in [0.3, 0.4) is 0 Å². The molecule has 7 nitrogen and oxygen atoms in total. The SMILES string of the molecule is O=C1CC(CS(=O)(=O)Cl)CN1c1nccc(-c2ccccn2)n1. The first-order chi connectivity index (χ1) is 10.9. The van der Waals surface area contributed by atoms with E-state index in [-0.39, 0.29) is 36.5 Å². The predicted molar refractivity (Wildman–Crippen MR) is 85.4 cm³/mol. The number of pyridine rings is 1. The normalized spacial score (nSPS) is 18.4. The number of halogens is 1. The number of rotatable bonds is 4. The Balaban J connectivity index is 1.84. The molecule has 3 heterocycles. The first kappa shape index (κ1) is 15.8. The molecule has 1 aliphatic heterocycles. The smallest absolute Gasteiger partial charge is 0.232 e. The van der Waals surface area contributed by atoms with Crippen LogP contribution in [0.25, 0.3) is 11.4 Å². The van der Waals surface area contributed by atoms with E-state index in [0.717, 1.165) is 0 Å². The van der Waals surface area contributed by atoms with Gasteiger partial charge in [-0.1, -0.05) is 6.07 Å². The maximum Gasteiger partial charge on any atom is 0.232 e. The number of carbonyl (C=O) groups is 1. The van der Waals surface area contributed by atoms with Crippen molar-refractivity contribution in [3.8, 4) is 11.4 Å². The molecular formula is C14H13ClN4O3S. The van der Waals surface area contributed by atoms with Crippen LogP contribution >= 0.6 is 10.7 Å². The highest BCUT2D eigenvalue weighted by atomic mass is 35.7. The molecule has 0 radical (unpaired) electrons. The lowest BCUT2D eigenvalue weighted by atomic mass is 10.1. The first-order valence-electron chi connectivity index (χ1n) is 6.89. The molecule has 1 amide bonds. The van der Waals surface area contributed by atoms with Crippen LogP contribution in [0, 0.1) is 5.92 Å². The largest absolute Gasteiger partial charge is 0.280 e. The number of anilines is 1. The molecule has 1 atom stereocenters. The predicted octanol–water partition coefficient (Wildman–Crippen LogP) is 1.46. The summed E-state index contributed by atoms with van der Waals surface area (Å²) >= 11 is 0. The minimum Gasteiger partial charge on any atom is -0.280 e. The van der Waals surface area contributed by atoms with Crippen LogP contribution in [-0.4, -0.2) is 41.6 Å². The van der Waals surface area contributed by atoms with Gasteiger partial charge in [0.15, 0.2) is 0 Å². The van der Waals surface area contributed by atoms with Crippen molar-refractivity contribution >= 4 is 31.6 Å². The lowest BCUT2D eigenvalue weighted by Gasteiger charge is -2.14. The van der Waals surface area contributed by atoms with Gasteiger partial charge in [-0.05, 0) is 18.2 Å². The summed E-state index contributed by atoms with van der Waals surface area (Å²) in [5, 5.41) is 0. The fraction of sp³-hybridized carbons (Fsp3) is 0.286. The molecule has 1 fully saturated rings. The zero-order chi connectivity index (χ0) is 16.4. The Bertz CT molecular complexity index is 829. The van der Waals surface area contributed by atoms with Crippen LogP contribution < -0.4 is 4.90 Å². The van der Waals surface area contributed by atoms with Gasteiger partial charge in [-0.15, -0.1) is 0 Å². The number of nitrogens with zero attached hydrogens (tertiary/aromatic N) is 4. The van der Waals surface area contributed by atoms with E-state index in [2.05, 4.69) is 15.0 Å². The van der Waals surface area contributed by atoms with E-state index in [1.54, 1.807) is 30.6 Å². The molecule has 120 valence electrons. The quantitative estimate of drug-likeness (QED) is 0.773. The first-order valence-corrected chi connectivity index (χ1v) is 9.37. The lowest BCUT2D eigenvalue weighted by Crippen LogP contribution is -2.27. The maximum atomic E-state index is 12.1. The Morgan fingerprint density at radius 2 is 2.00 bits per heavy atom. The molecule has 0 bridgehead atoms. The number of hydrogen-bond acceptors (Lipinski definition) is 6. The van der Waals surface area contributed by atoms with Crippen molar-refractivity contribution in [2.75, 3.05) is 17.2 Å². The van der Waals surface area contributed by atoms with E-state index in [4.69, 9.17) is 10.7 Å². The second kappa shape index (κ2) is 6.21. The summed E-state index contributed by atoms with van der Waals surface area (Å²) in [5.41, 5.74) is 1.26. The Hall–Kier alpha value is -2.06. The molecule has 0 aliphatic carbocycles. The van der Waals surface area contributed by atoms with Crippen molar-refractivity contribution in [3.05, 3.63) is 36.7 Å². The number of carbonyl (C=O) groups excluding carboxylic acids is 1. The van der Waals surface area contributed by atoms with E-state index < -0.39 is 9.05 Å². The average Bonchev–Trinajstić information content (AvgIpc) is 2.87. The van der Waals surface area contributed by atoms with Gasteiger partial charge in [-0.25, -0.2) is 18.4 Å². The molecular weight excluding hydrogens is 340 g/mol. The lowest BCUT2D eigenvalue weighted by molar-refractivity contribution is -0.117. The molecule has 0 N–H and O–H groups in total. The van der Waals surface area contributed by atoms with E-state index >= 15 is 0 Å². The van der Waals surface area contributed by atoms with Crippen molar-refractivity contribution in [2.24, 2.45) is 5.92 Å². The van der Waals surface area contributed by atoms with Crippen LogP contribution in [0.5, 0.6) is 0 Å². The van der Waals surface area contributed by atoms with Crippen molar-refractivity contribution in [1.29, 1.82) is 0 Å². The summed E-state index contributed by atoms with van der Waals surface area (Å²) < 4.78 is 22.3. The third-order valence-electron chi connectivity index (χ3n) is 3.45. The van der Waals surface area contributed by atoms with Crippen LogP contribution in [0.4, 0.5) is 5.95 Å². The van der Waals surface area contributed by atoms with Crippen molar-refractivity contribution in [1.82, 2.24) is 15.0 Å². The Morgan fingerprint density at radius 1 is 1.17 bits per heavy atom. The summed E-state index contributed by atoms with van der Waals surface area (Å²) in [5.74, 6) is -0.565. The van der Waals surface area contributed by atoms with Gasteiger partial charge in [0.2, 0.25) is 20.9 Å². The van der Waals surface area contributed by atoms with Crippen molar-refractivity contribution < 1.29 is 13.2 Å². The molecule has 3 rings (SSSR count). The molecule has 1 aliphatic rings. The van der Waals surface area contributed by atoms with Gasteiger partial charge in [0.25, 0.3) is 0 Å². The van der Waals surface area contributed by atoms with Gasteiger partial charge in [0.1, 0.15) is 0 Å². The van der Waals surface area contributed by atoms with Gasteiger partial charge >= 0.3 is 0 Å². The number of amides is 1. The van der Waals surface area contributed by atoms with Crippen molar-refractivity contribution in [3.63, 3.8) is 0 Å². The van der Waals surface area contributed by atoms with Gasteiger partial charge in [0, 0.05) is 42.0 Å². The summed E-state index contributed by atoms with van der Waals surface area (Å²) in [6.07, 6.45) is 3.31. The number of aromatic nitrogens is 3.